The number of nitrogens with zero attached hydrogens (tertiary/aromatic N) is 4. The molecule has 11 heteroatoms. The number of carbonyl (C=O) groups is 1. The van der Waals surface area contributed by atoms with Gasteiger partial charge in [0.15, 0.2) is 0 Å². The molecule has 186 valence electrons. The van der Waals surface area contributed by atoms with Gasteiger partial charge in [0.2, 0.25) is 15.9 Å². The average molecular weight is 484 g/mol. The van der Waals surface area contributed by atoms with Crippen LogP contribution < -0.4 is 14.8 Å². The van der Waals surface area contributed by atoms with Crippen LogP contribution >= 0.6 is 0 Å². The highest BCUT2D eigenvalue weighted by Gasteiger charge is 2.30. The van der Waals surface area contributed by atoms with E-state index in [2.05, 4.69) is 22.2 Å². The Hall–Kier alpha value is -1.92. The van der Waals surface area contributed by atoms with Crippen molar-refractivity contribution < 1.29 is 22.7 Å². The summed E-state index contributed by atoms with van der Waals surface area (Å²) in [6, 6.07) is 4.74. The van der Waals surface area contributed by atoms with Gasteiger partial charge < -0.3 is 24.6 Å². The van der Waals surface area contributed by atoms with Crippen molar-refractivity contribution in [1.29, 1.82) is 0 Å². The van der Waals surface area contributed by atoms with Crippen LogP contribution in [-0.2, 0) is 14.8 Å². The summed E-state index contributed by atoms with van der Waals surface area (Å²) in [6.07, 6.45) is 0.147. The second-order valence-electron chi connectivity index (χ2n) is 8.45. The number of piperazine rings is 2. The first-order chi connectivity index (χ1) is 15.8. The molecule has 0 bridgehead atoms. The van der Waals surface area contributed by atoms with E-state index in [4.69, 9.17) is 9.47 Å². The van der Waals surface area contributed by atoms with E-state index in [1.54, 1.807) is 17.0 Å². The minimum atomic E-state index is -3.91. The molecular weight excluding hydrogens is 446 g/mol. The molecule has 1 aromatic carbocycles. The van der Waals surface area contributed by atoms with Gasteiger partial charge in [-0.1, -0.05) is 0 Å². The molecule has 0 spiro atoms. The van der Waals surface area contributed by atoms with Gasteiger partial charge >= 0.3 is 0 Å². The van der Waals surface area contributed by atoms with Crippen molar-refractivity contribution in [3.05, 3.63) is 18.2 Å². The number of amides is 1. The van der Waals surface area contributed by atoms with Crippen LogP contribution in [0.25, 0.3) is 0 Å². The molecule has 3 rings (SSSR count). The molecule has 0 radical (unpaired) electrons. The normalized spacial score (nSPS) is 18.5. The van der Waals surface area contributed by atoms with Gasteiger partial charge in [-0.25, -0.2) is 8.42 Å². The van der Waals surface area contributed by atoms with Crippen molar-refractivity contribution >= 4 is 15.9 Å². The molecule has 0 aromatic heterocycles. The number of benzene rings is 1. The van der Waals surface area contributed by atoms with Crippen LogP contribution in [0.15, 0.2) is 23.1 Å². The van der Waals surface area contributed by atoms with E-state index < -0.39 is 10.0 Å². The average Bonchev–Trinajstić information content (AvgIpc) is 2.84. The number of likely N-dealkylation sites (N-methyl/N-ethyl adjacent to an activating group) is 1. The molecule has 0 atom stereocenters. The van der Waals surface area contributed by atoms with Crippen LogP contribution in [0.2, 0.25) is 0 Å². The molecular formula is C22H37N5O5S. The summed E-state index contributed by atoms with van der Waals surface area (Å²) in [6.45, 7) is 7.57. The topological polar surface area (TPSA) is 94.7 Å². The van der Waals surface area contributed by atoms with Crippen molar-refractivity contribution in [1.82, 2.24) is 24.3 Å². The number of rotatable bonds is 10. The zero-order valence-electron chi connectivity index (χ0n) is 20.0. The molecule has 10 nitrogen and oxygen atoms in total. The molecule has 1 N–H and O–H groups in total. The highest BCUT2D eigenvalue weighted by molar-refractivity contribution is 7.89. The van der Waals surface area contributed by atoms with E-state index >= 15 is 0 Å². The molecule has 2 fully saturated rings. The van der Waals surface area contributed by atoms with Crippen molar-refractivity contribution in [2.24, 2.45) is 0 Å². The summed E-state index contributed by atoms with van der Waals surface area (Å²) in [4.78, 5) is 19.1. The quantitative estimate of drug-likeness (QED) is 0.488. The lowest BCUT2D eigenvalue weighted by Gasteiger charge is -2.34. The number of carbonyl (C=O) groups excluding carboxylic acids is 1. The van der Waals surface area contributed by atoms with Gasteiger partial charge in [0.1, 0.15) is 16.4 Å². The zero-order chi connectivity index (χ0) is 23.8. The molecule has 0 unspecified atom stereocenters. The van der Waals surface area contributed by atoms with Gasteiger partial charge in [-0.05, 0) is 19.2 Å². The van der Waals surface area contributed by atoms with Crippen LogP contribution in [0.1, 0.15) is 6.42 Å². The first kappa shape index (κ1) is 25.7. The Bertz CT molecular complexity index is 883. The van der Waals surface area contributed by atoms with E-state index in [0.29, 0.717) is 31.9 Å². The maximum atomic E-state index is 13.7. The van der Waals surface area contributed by atoms with Crippen LogP contribution in [0.4, 0.5) is 0 Å². The van der Waals surface area contributed by atoms with Crippen LogP contribution in [-0.4, -0.2) is 127 Å². The van der Waals surface area contributed by atoms with Crippen LogP contribution in [0, 0.1) is 0 Å². The fourth-order valence-corrected chi connectivity index (χ4v) is 5.70. The van der Waals surface area contributed by atoms with Crippen LogP contribution in [0.3, 0.4) is 0 Å². The van der Waals surface area contributed by atoms with Gasteiger partial charge in [-0.2, -0.15) is 4.31 Å². The second kappa shape index (κ2) is 12.0. The van der Waals surface area contributed by atoms with Gasteiger partial charge in [-0.15, -0.1) is 0 Å². The molecule has 2 aliphatic rings. The number of sulfonamides is 1. The van der Waals surface area contributed by atoms with Crippen molar-refractivity contribution in [2.45, 2.75) is 11.3 Å². The van der Waals surface area contributed by atoms with Gasteiger partial charge in [0.05, 0.1) is 14.2 Å². The van der Waals surface area contributed by atoms with Crippen molar-refractivity contribution in [3.63, 3.8) is 0 Å². The Balaban J connectivity index is 1.78. The van der Waals surface area contributed by atoms with Crippen molar-refractivity contribution in [2.75, 3.05) is 93.3 Å². The summed E-state index contributed by atoms with van der Waals surface area (Å²) in [7, 11) is 1.13. The van der Waals surface area contributed by atoms with E-state index in [0.717, 1.165) is 39.3 Å². The minimum Gasteiger partial charge on any atom is -0.497 e. The van der Waals surface area contributed by atoms with Gasteiger partial charge in [0.25, 0.3) is 0 Å². The summed E-state index contributed by atoms with van der Waals surface area (Å²) < 4.78 is 39.5. The molecule has 33 heavy (non-hydrogen) atoms. The predicted molar refractivity (Wildman–Crippen MR) is 126 cm³/mol. The first-order valence-electron chi connectivity index (χ1n) is 11.5. The lowest BCUT2D eigenvalue weighted by Crippen LogP contribution is -2.49. The fourth-order valence-electron chi connectivity index (χ4n) is 4.09. The summed E-state index contributed by atoms with van der Waals surface area (Å²) >= 11 is 0. The van der Waals surface area contributed by atoms with Gasteiger partial charge in [0, 0.05) is 84.5 Å². The largest absolute Gasteiger partial charge is 0.497 e. The number of hydrogen-bond donors (Lipinski definition) is 1. The number of nitrogens with one attached hydrogen (secondary N) is 1. The Morgan fingerprint density at radius 1 is 1.03 bits per heavy atom. The maximum Gasteiger partial charge on any atom is 0.246 e. The fraction of sp³-hybridized carbons (Fsp3) is 0.682. The monoisotopic (exact) mass is 483 g/mol. The predicted octanol–water partition coefficient (Wildman–Crippen LogP) is -0.236. The summed E-state index contributed by atoms with van der Waals surface area (Å²) in [5, 5.41) is 3.23. The number of ether oxygens (including phenoxy) is 2. The van der Waals surface area contributed by atoms with E-state index in [1.165, 1.54) is 24.6 Å². The minimum absolute atomic E-state index is 0.0195. The molecule has 2 aliphatic heterocycles. The third kappa shape index (κ3) is 6.80. The molecule has 0 saturated carbocycles. The molecule has 0 aliphatic carbocycles. The Morgan fingerprint density at radius 2 is 1.73 bits per heavy atom. The van der Waals surface area contributed by atoms with Gasteiger partial charge in [-0.3, -0.25) is 9.69 Å². The number of hydrogen-bond acceptors (Lipinski definition) is 8. The molecule has 2 heterocycles. The smallest absolute Gasteiger partial charge is 0.246 e. The lowest BCUT2D eigenvalue weighted by atomic mass is 10.3. The molecule has 1 amide bonds. The maximum absolute atomic E-state index is 13.7. The second-order valence-corrected chi connectivity index (χ2v) is 10.4. The Morgan fingerprint density at radius 3 is 2.36 bits per heavy atom. The third-order valence-electron chi connectivity index (χ3n) is 6.29. The van der Waals surface area contributed by atoms with E-state index in [-0.39, 0.29) is 29.5 Å². The zero-order valence-corrected chi connectivity index (χ0v) is 20.8. The highest BCUT2D eigenvalue weighted by atomic mass is 32.2. The Kier molecular flexibility index (Phi) is 9.33. The van der Waals surface area contributed by atoms with E-state index in [1.807, 2.05) is 0 Å². The standard InChI is InChI=1S/C22H37N5O5S/c1-24-12-14-25(15-13-24)16-17-27(9-6-22(28)26-10-7-23-8-11-26)33(29,30)21-18-19(31-2)4-5-20(21)32-3/h4-5,18,23H,6-17H2,1-3H3. The van der Waals surface area contributed by atoms with Crippen LogP contribution in [0.5, 0.6) is 11.5 Å². The van der Waals surface area contributed by atoms with Crippen molar-refractivity contribution in [3.8, 4) is 11.5 Å². The first-order valence-corrected chi connectivity index (χ1v) is 12.9. The Labute approximate surface area is 197 Å². The highest BCUT2D eigenvalue weighted by Crippen LogP contribution is 2.30. The lowest BCUT2D eigenvalue weighted by molar-refractivity contribution is -0.131. The number of methoxy groups -OCH3 is 2. The van der Waals surface area contributed by atoms with E-state index in [9.17, 15) is 13.2 Å². The molecule has 1 aromatic rings. The molecule has 2 saturated heterocycles. The SMILES string of the molecule is COc1ccc(OC)c(S(=O)(=O)N(CCC(=O)N2CCNCC2)CCN2CCN(C)CC2)c1. The summed E-state index contributed by atoms with van der Waals surface area (Å²) in [5.74, 6) is 0.674. The third-order valence-corrected chi connectivity index (χ3v) is 8.21. The summed E-state index contributed by atoms with van der Waals surface area (Å²) in [5.41, 5.74) is 0.